The summed E-state index contributed by atoms with van der Waals surface area (Å²) in [6, 6.07) is 0. The minimum atomic E-state index is -2.15. The molecule has 0 aromatic rings. The highest BCUT2D eigenvalue weighted by Crippen LogP contribution is 2.59. The van der Waals surface area contributed by atoms with Crippen LogP contribution in [0, 0.1) is 5.41 Å². The van der Waals surface area contributed by atoms with Crippen LogP contribution in [0.25, 0.3) is 0 Å². The van der Waals surface area contributed by atoms with Crippen LogP contribution in [0.5, 0.6) is 0 Å². The number of rotatable bonds is 1. The lowest BCUT2D eigenvalue weighted by atomic mass is 9.50. The average molecular weight is 161 g/mol. The van der Waals surface area contributed by atoms with Gasteiger partial charge in [-0.3, -0.25) is 0 Å². The summed E-state index contributed by atoms with van der Waals surface area (Å²) in [6.45, 7) is 0. The fourth-order valence-corrected chi connectivity index (χ4v) is 2.76. The Bertz CT molecular complexity index is 173. The van der Waals surface area contributed by atoms with E-state index < -0.39 is 11.8 Å². The van der Waals surface area contributed by atoms with Gasteiger partial charge in [-0.2, -0.15) is 0 Å². The van der Waals surface area contributed by atoms with Gasteiger partial charge in [0.25, 0.3) is 0 Å². The molecule has 0 aliphatic heterocycles. The molecule has 11 heavy (non-hydrogen) atoms. The molecule has 0 radical (unpaired) electrons. The summed E-state index contributed by atoms with van der Waals surface area (Å²) in [4.78, 5) is 0. The standard InChI is InChI=1S/C8H13F2N/c9-6(10)7-2-1-3-8(11,4-7)5-7/h6H,1-5,11H2. The van der Waals surface area contributed by atoms with Crippen LogP contribution in [0.3, 0.4) is 0 Å². The van der Waals surface area contributed by atoms with E-state index in [1.807, 2.05) is 0 Å². The summed E-state index contributed by atoms with van der Waals surface area (Å²) in [5, 5.41) is 0. The van der Waals surface area contributed by atoms with Crippen molar-refractivity contribution in [3.8, 4) is 0 Å². The number of hydrogen-bond donors (Lipinski definition) is 1. The van der Waals surface area contributed by atoms with E-state index in [-0.39, 0.29) is 5.54 Å². The predicted octanol–water partition coefficient (Wildman–Crippen LogP) is 1.91. The molecule has 0 heterocycles. The minimum absolute atomic E-state index is 0.214. The molecule has 0 aromatic heterocycles. The number of nitrogens with two attached hydrogens (primary N) is 1. The fraction of sp³-hybridized carbons (Fsp3) is 1.00. The van der Waals surface area contributed by atoms with Crippen molar-refractivity contribution in [2.45, 2.75) is 44.1 Å². The van der Waals surface area contributed by atoms with Crippen molar-refractivity contribution in [2.75, 3.05) is 0 Å². The molecule has 3 rings (SSSR count). The van der Waals surface area contributed by atoms with Crippen molar-refractivity contribution < 1.29 is 8.78 Å². The van der Waals surface area contributed by atoms with Crippen LogP contribution in [0.1, 0.15) is 32.1 Å². The van der Waals surface area contributed by atoms with Crippen molar-refractivity contribution in [2.24, 2.45) is 11.1 Å². The van der Waals surface area contributed by atoms with Gasteiger partial charge >= 0.3 is 0 Å². The first-order chi connectivity index (χ1) is 5.06. The van der Waals surface area contributed by atoms with E-state index in [0.717, 1.165) is 12.8 Å². The molecule has 2 N–H and O–H groups in total. The van der Waals surface area contributed by atoms with E-state index in [0.29, 0.717) is 19.3 Å². The third-order valence-electron chi connectivity index (χ3n) is 3.22. The second-order valence-electron chi connectivity index (χ2n) is 4.23. The van der Waals surface area contributed by atoms with E-state index in [1.54, 1.807) is 0 Å². The van der Waals surface area contributed by atoms with Crippen LogP contribution in [-0.4, -0.2) is 12.0 Å². The molecule has 3 aliphatic rings. The summed E-state index contributed by atoms with van der Waals surface area (Å²) in [7, 11) is 0. The van der Waals surface area contributed by atoms with Crippen LogP contribution in [-0.2, 0) is 0 Å². The molecule has 0 saturated heterocycles. The van der Waals surface area contributed by atoms with Crippen LogP contribution in [0.15, 0.2) is 0 Å². The quantitative estimate of drug-likeness (QED) is 0.624. The summed E-state index contributed by atoms with van der Waals surface area (Å²) in [6.07, 6.45) is 1.47. The number of fused-ring (bicyclic) bond motifs is 2. The molecule has 0 atom stereocenters. The second-order valence-corrected chi connectivity index (χ2v) is 4.23. The van der Waals surface area contributed by atoms with Gasteiger partial charge in [0.05, 0.1) is 0 Å². The van der Waals surface area contributed by atoms with Crippen molar-refractivity contribution in [1.29, 1.82) is 0 Å². The molecule has 0 unspecified atom stereocenters. The highest BCUT2D eigenvalue weighted by Gasteiger charge is 2.59. The first kappa shape index (κ1) is 7.47. The Morgan fingerprint density at radius 2 is 1.82 bits per heavy atom. The summed E-state index contributed by atoms with van der Waals surface area (Å²) in [5.74, 6) is 0. The Hall–Kier alpha value is -0.180. The SMILES string of the molecule is NC12CCCC(C(F)F)(C1)C2. The van der Waals surface area contributed by atoms with Gasteiger partial charge in [-0.1, -0.05) is 6.42 Å². The first-order valence-corrected chi connectivity index (χ1v) is 4.14. The minimum Gasteiger partial charge on any atom is -0.325 e. The topological polar surface area (TPSA) is 26.0 Å². The van der Waals surface area contributed by atoms with Gasteiger partial charge in [-0.15, -0.1) is 0 Å². The molecular weight excluding hydrogens is 148 g/mol. The van der Waals surface area contributed by atoms with Crippen LogP contribution in [0.4, 0.5) is 8.78 Å². The Morgan fingerprint density at radius 3 is 2.18 bits per heavy atom. The smallest absolute Gasteiger partial charge is 0.244 e. The summed E-state index contributed by atoms with van der Waals surface area (Å²) < 4.78 is 24.9. The summed E-state index contributed by atoms with van der Waals surface area (Å²) in [5.41, 5.74) is 4.95. The van der Waals surface area contributed by atoms with Crippen LogP contribution < -0.4 is 5.73 Å². The molecule has 0 amide bonds. The van der Waals surface area contributed by atoms with Crippen molar-refractivity contribution >= 4 is 0 Å². The molecule has 3 saturated carbocycles. The van der Waals surface area contributed by atoms with E-state index in [2.05, 4.69) is 0 Å². The van der Waals surface area contributed by atoms with Crippen molar-refractivity contribution in [3.05, 3.63) is 0 Å². The first-order valence-electron chi connectivity index (χ1n) is 4.14. The third-order valence-corrected chi connectivity index (χ3v) is 3.22. The maximum absolute atomic E-state index is 12.5. The van der Waals surface area contributed by atoms with Crippen LogP contribution >= 0.6 is 0 Å². The highest BCUT2D eigenvalue weighted by molar-refractivity contribution is 5.11. The zero-order valence-electron chi connectivity index (χ0n) is 6.45. The molecule has 64 valence electrons. The molecule has 3 fully saturated rings. The normalized spacial score (nSPS) is 49.1. The molecule has 0 spiro atoms. The Labute approximate surface area is 65.0 Å². The fourth-order valence-electron chi connectivity index (χ4n) is 2.76. The molecule has 3 heteroatoms. The van der Waals surface area contributed by atoms with E-state index in [9.17, 15) is 8.78 Å². The lowest BCUT2D eigenvalue weighted by Gasteiger charge is -2.58. The highest BCUT2D eigenvalue weighted by atomic mass is 19.3. The lowest BCUT2D eigenvalue weighted by molar-refractivity contribution is -0.135. The van der Waals surface area contributed by atoms with Crippen molar-refractivity contribution in [3.63, 3.8) is 0 Å². The monoisotopic (exact) mass is 161 g/mol. The van der Waals surface area contributed by atoms with Gasteiger partial charge in [0.2, 0.25) is 6.43 Å². The zero-order chi connectivity index (χ0) is 8.11. The van der Waals surface area contributed by atoms with Gasteiger partial charge in [0.15, 0.2) is 0 Å². The van der Waals surface area contributed by atoms with Gasteiger partial charge < -0.3 is 5.73 Å². The predicted molar refractivity (Wildman–Crippen MR) is 38.4 cm³/mol. The number of alkyl halides is 2. The Kier molecular flexibility index (Phi) is 1.32. The molecule has 3 aliphatic carbocycles. The number of halogens is 2. The van der Waals surface area contributed by atoms with Gasteiger partial charge in [0, 0.05) is 11.0 Å². The van der Waals surface area contributed by atoms with Crippen molar-refractivity contribution in [1.82, 2.24) is 0 Å². The zero-order valence-corrected chi connectivity index (χ0v) is 6.45. The molecule has 0 aromatic carbocycles. The van der Waals surface area contributed by atoms with Crippen LogP contribution in [0.2, 0.25) is 0 Å². The molecular formula is C8H13F2N. The maximum atomic E-state index is 12.5. The maximum Gasteiger partial charge on any atom is 0.244 e. The van der Waals surface area contributed by atoms with E-state index in [1.165, 1.54) is 0 Å². The average Bonchev–Trinajstić information content (AvgIpc) is 1.85. The third kappa shape index (κ3) is 0.901. The van der Waals surface area contributed by atoms with Gasteiger partial charge in [-0.05, 0) is 25.7 Å². The van der Waals surface area contributed by atoms with Gasteiger partial charge in [-0.25, -0.2) is 8.78 Å². The summed E-state index contributed by atoms with van der Waals surface area (Å²) >= 11 is 0. The largest absolute Gasteiger partial charge is 0.325 e. The Morgan fingerprint density at radius 1 is 1.18 bits per heavy atom. The van der Waals surface area contributed by atoms with Gasteiger partial charge in [0.1, 0.15) is 0 Å². The lowest BCUT2D eigenvalue weighted by Crippen LogP contribution is -2.63. The number of hydrogen-bond acceptors (Lipinski definition) is 1. The molecule has 2 bridgehead atoms. The molecule has 1 nitrogen and oxygen atoms in total. The second kappa shape index (κ2) is 1.94. The Balaban J connectivity index is 2.10. The van der Waals surface area contributed by atoms with E-state index >= 15 is 0 Å². The van der Waals surface area contributed by atoms with E-state index in [4.69, 9.17) is 5.73 Å².